The first kappa shape index (κ1) is 20.6. The van der Waals surface area contributed by atoms with Crippen molar-refractivity contribution in [2.75, 3.05) is 18.4 Å². The molecule has 0 spiro atoms. The van der Waals surface area contributed by atoms with Crippen molar-refractivity contribution in [1.29, 1.82) is 0 Å². The van der Waals surface area contributed by atoms with Crippen molar-refractivity contribution in [1.82, 2.24) is 14.4 Å². The Morgan fingerprint density at radius 2 is 2.00 bits per heavy atom. The molecule has 28 heavy (non-hydrogen) atoms. The number of nitrogens with zero attached hydrogens (tertiary/aromatic N) is 3. The summed E-state index contributed by atoms with van der Waals surface area (Å²) in [5.74, 6) is 1.66. The number of aromatic nitrogens is 2. The maximum Gasteiger partial charge on any atom is 0.245 e. The van der Waals surface area contributed by atoms with Gasteiger partial charge in [0.25, 0.3) is 0 Å². The van der Waals surface area contributed by atoms with Gasteiger partial charge in [-0.15, -0.1) is 0 Å². The van der Waals surface area contributed by atoms with Gasteiger partial charge in [-0.1, -0.05) is 18.5 Å². The lowest BCUT2D eigenvalue weighted by Gasteiger charge is -2.26. The largest absolute Gasteiger partial charge is 0.489 e. The molecule has 1 aromatic heterocycles. The Morgan fingerprint density at radius 3 is 2.64 bits per heavy atom. The maximum absolute atomic E-state index is 13.0. The van der Waals surface area contributed by atoms with E-state index >= 15 is 0 Å². The van der Waals surface area contributed by atoms with Crippen LogP contribution in [0.25, 0.3) is 0 Å². The summed E-state index contributed by atoms with van der Waals surface area (Å²) in [6.45, 7) is 7.22. The van der Waals surface area contributed by atoms with E-state index in [2.05, 4.69) is 15.5 Å². The van der Waals surface area contributed by atoms with Gasteiger partial charge in [-0.3, -0.25) is 0 Å². The van der Waals surface area contributed by atoms with Gasteiger partial charge in [0.15, 0.2) is 5.82 Å². The molecule has 0 saturated carbocycles. The Balaban J connectivity index is 1.85. The number of piperidine rings is 1. The average molecular weight is 409 g/mol. The number of hydrogen-bond donors (Lipinski definition) is 1. The molecule has 1 aliphatic heterocycles. The maximum atomic E-state index is 13.0. The van der Waals surface area contributed by atoms with E-state index < -0.39 is 10.0 Å². The lowest BCUT2D eigenvalue weighted by molar-refractivity contribution is 0.243. The molecule has 0 radical (unpaired) electrons. The second-order valence-electron chi connectivity index (χ2n) is 7.10. The minimum Gasteiger partial charge on any atom is -0.489 e. The second-order valence-corrected chi connectivity index (χ2v) is 9.04. The molecule has 154 valence electrons. The first-order valence-electron chi connectivity index (χ1n) is 9.76. The number of nitrogens with one attached hydrogen (secondary N) is 1. The van der Waals surface area contributed by atoms with E-state index in [9.17, 15) is 8.42 Å². The van der Waals surface area contributed by atoms with Crippen molar-refractivity contribution in [3.05, 3.63) is 29.9 Å². The molecular weight excluding hydrogens is 380 g/mol. The molecule has 0 unspecified atom stereocenters. The van der Waals surface area contributed by atoms with Crippen molar-refractivity contribution in [2.24, 2.45) is 0 Å². The summed E-state index contributed by atoms with van der Waals surface area (Å²) in [5, 5.41) is 7.06. The molecule has 1 N–H and O–H groups in total. The van der Waals surface area contributed by atoms with Crippen LogP contribution in [-0.2, 0) is 23.0 Å². The third kappa shape index (κ3) is 4.82. The van der Waals surface area contributed by atoms with Crippen LogP contribution in [0.2, 0.25) is 0 Å². The summed E-state index contributed by atoms with van der Waals surface area (Å²) in [4.78, 5) is 4.53. The van der Waals surface area contributed by atoms with E-state index in [0.29, 0.717) is 42.7 Å². The number of sulfonamides is 1. The number of ether oxygens (including phenoxy) is 1. The number of rotatable bonds is 8. The van der Waals surface area contributed by atoms with Gasteiger partial charge >= 0.3 is 0 Å². The van der Waals surface area contributed by atoms with Crippen LogP contribution in [-0.4, -0.2) is 42.1 Å². The summed E-state index contributed by atoms with van der Waals surface area (Å²) >= 11 is 0. The molecule has 3 rings (SSSR count). The molecule has 1 aliphatic rings. The molecule has 1 fully saturated rings. The smallest absolute Gasteiger partial charge is 0.245 e. The molecule has 2 heterocycles. The van der Waals surface area contributed by atoms with Crippen molar-refractivity contribution in [3.8, 4) is 5.75 Å². The number of hydrogen-bond acceptors (Lipinski definition) is 7. The zero-order valence-electron chi connectivity index (χ0n) is 16.6. The molecule has 8 nitrogen and oxygen atoms in total. The quantitative estimate of drug-likeness (QED) is 0.716. The van der Waals surface area contributed by atoms with Gasteiger partial charge in [-0.25, -0.2) is 8.42 Å². The van der Waals surface area contributed by atoms with Crippen LogP contribution in [0, 0.1) is 0 Å². The second kappa shape index (κ2) is 8.91. The third-order valence-corrected chi connectivity index (χ3v) is 6.42. The molecule has 0 atom stereocenters. The fourth-order valence-electron chi connectivity index (χ4n) is 3.10. The zero-order chi connectivity index (χ0) is 20.1. The minimum absolute atomic E-state index is 0.0415. The highest BCUT2D eigenvalue weighted by Crippen LogP contribution is 2.31. The Hall–Kier alpha value is -2.13. The highest BCUT2D eigenvalue weighted by atomic mass is 32.2. The van der Waals surface area contributed by atoms with Gasteiger partial charge in [0.05, 0.1) is 23.2 Å². The van der Waals surface area contributed by atoms with E-state index in [1.807, 2.05) is 20.8 Å². The fraction of sp³-hybridized carbons (Fsp3) is 0.579. The zero-order valence-corrected chi connectivity index (χ0v) is 17.5. The SMILES string of the molecule is CCc1noc(CNc2cc(S(=O)(=O)N3CCCCC3)ccc2OC(C)C)n1. The normalized spacial score (nSPS) is 15.7. The van der Waals surface area contributed by atoms with Gasteiger partial charge in [0.2, 0.25) is 15.9 Å². The van der Waals surface area contributed by atoms with Crippen LogP contribution in [0.4, 0.5) is 5.69 Å². The first-order valence-corrected chi connectivity index (χ1v) is 11.2. The van der Waals surface area contributed by atoms with Gasteiger partial charge < -0.3 is 14.6 Å². The Morgan fingerprint density at radius 1 is 1.25 bits per heavy atom. The Labute approximate surface area is 166 Å². The summed E-state index contributed by atoms with van der Waals surface area (Å²) in [6, 6.07) is 4.93. The molecule has 9 heteroatoms. The van der Waals surface area contributed by atoms with E-state index in [1.165, 1.54) is 0 Å². The topological polar surface area (TPSA) is 97.6 Å². The van der Waals surface area contributed by atoms with Crippen molar-refractivity contribution in [3.63, 3.8) is 0 Å². The van der Waals surface area contributed by atoms with E-state index in [1.54, 1.807) is 22.5 Å². The Kier molecular flexibility index (Phi) is 6.56. The molecule has 2 aromatic rings. The molecule has 0 aliphatic carbocycles. The van der Waals surface area contributed by atoms with E-state index in [4.69, 9.17) is 9.26 Å². The molecule has 1 aromatic carbocycles. The summed E-state index contributed by atoms with van der Waals surface area (Å²) in [6.07, 6.45) is 3.52. The van der Waals surface area contributed by atoms with Crippen molar-refractivity contribution in [2.45, 2.75) is 64.0 Å². The van der Waals surface area contributed by atoms with Crippen LogP contribution < -0.4 is 10.1 Å². The summed E-state index contributed by atoms with van der Waals surface area (Å²) in [7, 11) is -3.53. The standard InChI is InChI=1S/C19H28N4O4S/c1-4-18-21-19(27-22-18)13-20-16-12-15(8-9-17(16)26-14(2)3)28(24,25)23-10-6-5-7-11-23/h8-9,12,14,20H,4-7,10-11,13H2,1-3H3. The molecule has 0 bridgehead atoms. The number of anilines is 1. The number of benzene rings is 1. The lowest BCUT2D eigenvalue weighted by Crippen LogP contribution is -2.35. The van der Waals surface area contributed by atoms with E-state index in [0.717, 1.165) is 19.3 Å². The van der Waals surface area contributed by atoms with E-state index in [-0.39, 0.29) is 17.5 Å². The van der Waals surface area contributed by atoms with Crippen LogP contribution in [0.3, 0.4) is 0 Å². The summed E-state index contributed by atoms with van der Waals surface area (Å²) < 4.78 is 38.6. The fourth-order valence-corrected chi connectivity index (χ4v) is 4.64. The van der Waals surface area contributed by atoms with Crippen molar-refractivity contribution >= 4 is 15.7 Å². The van der Waals surface area contributed by atoms with Gasteiger partial charge in [-0.05, 0) is 44.9 Å². The van der Waals surface area contributed by atoms with Gasteiger partial charge in [0, 0.05) is 19.5 Å². The van der Waals surface area contributed by atoms with Gasteiger partial charge in [-0.2, -0.15) is 9.29 Å². The van der Waals surface area contributed by atoms with Gasteiger partial charge in [0.1, 0.15) is 5.75 Å². The molecular formula is C19H28N4O4S. The Bertz CT molecular complexity index is 889. The minimum atomic E-state index is -3.53. The highest BCUT2D eigenvalue weighted by Gasteiger charge is 2.27. The van der Waals surface area contributed by atoms with Crippen LogP contribution in [0.15, 0.2) is 27.6 Å². The average Bonchev–Trinajstić information content (AvgIpc) is 3.15. The lowest BCUT2D eigenvalue weighted by atomic mass is 10.2. The molecule has 1 saturated heterocycles. The monoisotopic (exact) mass is 408 g/mol. The first-order chi connectivity index (χ1) is 13.4. The predicted molar refractivity (Wildman–Crippen MR) is 106 cm³/mol. The van der Waals surface area contributed by atoms with Crippen LogP contribution >= 0.6 is 0 Å². The third-order valence-electron chi connectivity index (χ3n) is 4.52. The summed E-state index contributed by atoms with van der Waals surface area (Å²) in [5.41, 5.74) is 0.586. The highest BCUT2D eigenvalue weighted by molar-refractivity contribution is 7.89. The number of aryl methyl sites for hydroxylation is 1. The molecule has 0 amide bonds. The van der Waals surface area contributed by atoms with Crippen LogP contribution in [0.5, 0.6) is 5.75 Å². The predicted octanol–water partition coefficient (Wildman–Crippen LogP) is 3.21. The van der Waals surface area contributed by atoms with Crippen molar-refractivity contribution < 1.29 is 17.7 Å². The van der Waals surface area contributed by atoms with Crippen LogP contribution in [0.1, 0.15) is 51.7 Å².